The zero-order chi connectivity index (χ0) is 71.4. The summed E-state index contributed by atoms with van der Waals surface area (Å²) < 4.78 is 0. The van der Waals surface area contributed by atoms with Crippen molar-refractivity contribution < 1.29 is 92.7 Å². The van der Waals surface area contributed by atoms with Gasteiger partial charge in [0.05, 0.1) is 24.8 Å². The van der Waals surface area contributed by atoms with E-state index in [1.165, 1.54) is 43.5 Å². The number of guanidine groups is 1. The number of primary amides is 1. The second-order valence-electron chi connectivity index (χ2n) is 23.2. The highest BCUT2D eigenvalue weighted by molar-refractivity contribution is 5.99. The van der Waals surface area contributed by atoms with Crippen molar-refractivity contribution in [1.82, 2.24) is 58.5 Å². The average molecular weight is 1330 g/mol. The minimum atomic E-state index is -1.88. The lowest BCUT2D eigenvalue weighted by atomic mass is 10.00. The van der Waals surface area contributed by atoms with Gasteiger partial charge in [0.1, 0.15) is 66.4 Å². The van der Waals surface area contributed by atoms with E-state index >= 15 is 0 Å². The summed E-state index contributed by atoms with van der Waals surface area (Å²) >= 11 is 0. The predicted octanol–water partition coefficient (Wildman–Crippen LogP) is -5.64. The number of nitrogens with one attached hydrogen (secondary N) is 11. The number of aliphatic hydroxyl groups excluding tert-OH is 2. The number of carboxylic acid groups (broad SMARTS) is 2. The van der Waals surface area contributed by atoms with Gasteiger partial charge in [0.2, 0.25) is 65.0 Å². The number of carbonyl (C=O) groups is 14. The van der Waals surface area contributed by atoms with Crippen molar-refractivity contribution in [1.29, 1.82) is 0 Å². The first kappa shape index (κ1) is 82.5. The van der Waals surface area contributed by atoms with Gasteiger partial charge in [-0.25, -0.2) is 4.79 Å². The van der Waals surface area contributed by atoms with E-state index in [9.17, 15) is 92.7 Å². The highest BCUT2D eigenvalue weighted by Gasteiger charge is 2.37. The molecule has 0 radical (unpaired) electrons. The summed E-state index contributed by atoms with van der Waals surface area (Å²) in [6, 6.07) is -9.83. The summed E-state index contributed by atoms with van der Waals surface area (Å²) in [7, 11) is 0. The Labute approximate surface area is 544 Å². The molecule has 0 aliphatic heterocycles. The monoisotopic (exact) mass is 1330 g/mol. The van der Waals surface area contributed by atoms with Crippen molar-refractivity contribution in [3.63, 3.8) is 0 Å². The van der Waals surface area contributed by atoms with Crippen LogP contribution in [-0.4, -0.2) is 207 Å². The Balaban J connectivity index is 3.63. The molecule has 24 N–H and O–H groups in total. The summed E-state index contributed by atoms with van der Waals surface area (Å²) in [4.78, 5) is 188. The molecular weight excluding hydrogens is 1240 g/mol. The first-order valence-electron chi connectivity index (χ1n) is 30.6. The molecule has 0 bridgehead atoms. The summed E-state index contributed by atoms with van der Waals surface area (Å²) in [5.41, 5.74) is 22.1. The van der Waals surface area contributed by atoms with Gasteiger partial charge in [-0.05, 0) is 120 Å². The van der Waals surface area contributed by atoms with Crippen molar-refractivity contribution in [2.45, 2.75) is 198 Å². The van der Waals surface area contributed by atoms with E-state index in [4.69, 9.17) is 22.9 Å². The van der Waals surface area contributed by atoms with E-state index < -0.39 is 175 Å². The lowest BCUT2D eigenvalue weighted by Crippen LogP contribution is -2.61. The fourth-order valence-electron chi connectivity index (χ4n) is 8.87. The summed E-state index contributed by atoms with van der Waals surface area (Å²) in [6.45, 7) is 9.78. The highest BCUT2D eigenvalue weighted by Crippen LogP contribution is 2.15. The third-order valence-electron chi connectivity index (χ3n) is 13.8. The maximum atomic E-state index is 14.7. The SMILES string of the molecule is CC(C)C[C@H](NC(=O)[C@H](C)N)C(=O)N[C@@H](CCC(N)=O)C(=O)N[C@@H](Cc1ccc(O)cc1)C(=O)N[C@@H](CCCCN/C=C/C=O)C(=O)N[C@@H](CC(C)C)C(=O)N[C@@H](CCC(=O)O)C(=O)NCC(=O)N[C@H](C(=O)N[C@H](C(=O)N[C@@H](CCCN=C(N)N)C(=O)O)[C@@H](C)O)[C@@H](C)O. The van der Waals surface area contributed by atoms with E-state index in [0.29, 0.717) is 18.3 Å². The lowest BCUT2D eigenvalue weighted by Gasteiger charge is -2.28. The summed E-state index contributed by atoms with van der Waals surface area (Å²) in [5, 5.41) is 77.2. The van der Waals surface area contributed by atoms with E-state index in [0.717, 1.165) is 13.8 Å². The second-order valence-corrected chi connectivity index (χ2v) is 23.2. The molecule has 94 heavy (non-hydrogen) atoms. The molecule has 0 unspecified atom stereocenters. The number of nitrogens with zero attached hydrogens (tertiary/aromatic N) is 1. The first-order valence-corrected chi connectivity index (χ1v) is 30.6. The molecule has 0 heterocycles. The third-order valence-corrected chi connectivity index (χ3v) is 13.8. The molecule has 0 aliphatic carbocycles. The van der Waals surface area contributed by atoms with Crippen LogP contribution < -0.4 is 81.4 Å². The number of rotatable bonds is 46. The number of hydrogen-bond donors (Lipinski definition) is 20. The number of aliphatic imine (C=N–C) groups is 1. The lowest BCUT2D eigenvalue weighted by molar-refractivity contribution is -0.143. The number of benzene rings is 1. The van der Waals surface area contributed by atoms with Crippen LogP contribution in [0.25, 0.3) is 0 Å². The Hall–Kier alpha value is -9.51. The van der Waals surface area contributed by atoms with Gasteiger partial charge in [-0.1, -0.05) is 39.8 Å². The number of allylic oxidation sites excluding steroid dienone is 1. The van der Waals surface area contributed by atoms with Gasteiger partial charge in [0.15, 0.2) is 5.96 Å². The molecule has 0 fully saturated rings. The number of phenolic OH excluding ortho intramolecular Hbond substituents is 1. The third kappa shape index (κ3) is 33.7. The van der Waals surface area contributed by atoms with Crippen molar-refractivity contribution in [3.8, 4) is 5.75 Å². The molecule has 1 aromatic carbocycles. The normalized spacial score (nSPS) is 15.0. The first-order chi connectivity index (χ1) is 44.1. The molecule has 12 atom stereocenters. The fraction of sp³-hybridized carbons (Fsp3) is 0.610. The number of carbonyl (C=O) groups excluding carboxylic acids is 12. The standard InChI is InChI=1S/C59H96N16O19/c1-30(2)26-41(71-49(84)32(5)60)53(88)69-39(18-20-44(61)80)52(87)73-43(28-35-14-16-36(79)17-15-35)55(90)67-37(12-8-9-22-64-23-11-25-76)51(86)72-42(27-31(3)4)54(89)68-38(19-21-46(82)83)50(85)66-29-45(81)74-47(33(6)77)57(92)75-48(34(7)78)56(91)70-40(58(93)94)13-10-24-65-59(62)63/h11,14-17,23,25,30-34,37-43,47-48,64,77-79H,8-10,12-13,18-22,24,26-29,60H2,1-7H3,(H2,61,80)(H,66,85)(H,67,90)(H,68,89)(H,69,88)(H,70,91)(H,71,84)(H,72,86)(H,73,87)(H,74,81)(H,75,92)(H,82,83)(H,93,94)(H4,62,63,65)/b23-11+/t32-,33+,34+,37-,38-,39-,40-,41-,42-,43-,47-,48-/m0/s1. The number of phenols is 1. The highest BCUT2D eigenvalue weighted by atomic mass is 16.4. The van der Waals surface area contributed by atoms with Crippen LogP contribution in [0.4, 0.5) is 0 Å². The number of hydrogen-bond acceptors (Lipinski definition) is 20. The van der Waals surface area contributed by atoms with Crippen LogP contribution in [-0.2, 0) is 73.5 Å². The van der Waals surface area contributed by atoms with Crippen molar-refractivity contribution >= 4 is 89.2 Å². The Morgan fingerprint density at radius 2 is 0.968 bits per heavy atom. The number of unbranched alkanes of at least 4 members (excludes halogenated alkanes) is 1. The van der Waals surface area contributed by atoms with Crippen molar-refractivity contribution in [2.75, 3.05) is 19.6 Å². The molecule has 11 amide bonds. The number of carboxylic acids is 2. The van der Waals surface area contributed by atoms with Crippen LogP contribution in [0.3, 0.4) is 0 Å². The smallest absolute Gasteiger partial charge is 0.326 e. The number of aliphatic carboxylic acids is 2. The number of nitrogens with two attached hydrogens (primary N) is 4. The van der Waals surface area contributed by atoms with E-state index in [1.54, 1.807) is 27.7 Å². The Morgan fingerprint density at radius 1 is 0.521 bits per heavy atom. The zero-order valence-corrected chi connectivity index (χ0v) is 53.9. The van der Waals surface area contributed by atoms with Crippen LogP contribution >= 0.6 is 0 Å². The van der Waals surface area contributed by atoms with E-state index in [-0.39, 0.29) is 88.0 Å². The molecular formula is C59H96N16O19. The molecule has 0 saturated carbocycles. The number of aromatic hydroxyl groups is 1. The molecule has 526 valence electrons. The van der Waals surface area contributed by atoms with Gasteiger partial charge in [0, 0.05) is 32.4 Å². The van der Waals surface area contributed by atoms with Crippen LogP contribution in [0.15, 0.2) is 41.5 Å². The zero-order valence-electron chi connectivity index (χ0n) is 53.9. The maximum Gasteiger partial charge on any atom is 0.326 e. The van der Waals surface area contributed by atoms with Gasteiger partial charge < -0.3 is 107 Å². The Morgan fingerprint density at radius 3 is 1.46 bits per heavy atom. The second kappa shape index (κ2) is 43.3. The number of amides is 11. The average Bonchev–Trinajstić information content (AvgIpc) is 0.893. The Kier molecular flexibility index (Phi) is 38.0. The van der Waals surface area contributed by atoms with Gasteiger partial charge in [0.25, 0.3) is 0 Å². The van der Waals surface area contributed by atoms with Gasteiger partial charge in [-0.15, -0.1) is 0 Å². The maximum absolute atomic E-state index is 14.7. The quantitative estimate of drug-likeness (QED) is 0.00951. The minimum absolute atomic E-state index is 0.0151. The summed E-state index contributed by atoms with van der Waals surface area (Å²) in [5.74, 6) is -14.8. The fourth-order valence-corrected chi connectivity index (χ4v) is 8.87. The molecule has 0 spiro atoms. The van der Waals surface area contributed by atoms with Crippen LogP contribution in [0.1, 0.15) is 125 Å². The minimum Gasteiger partial charge on any atom is -0.508 e. The number of aliphatic hydroxyl groups is 2. The molecule has 1 aromatic rings. The van der Waals surface area contributed by atoms with E-state index in [1.807, 2.05) is 0 Å². The largest absolute Gasteiger partial charge is 0.508 e. The predicted molar refractivity (Wildman–Crippen MR) is 338 cm³/mol. The molecule has 0 aromatic heterocycles. The Bertz CT molecular complexity index is 2780. The summed E-state index contributed by atoms with van der Waals surface area (Å²) in [6.07, 6.45) is -2.38. The molecule has 0 saturated heterocycles. The van der Waals surface area contributed by atoms with Crippen LogP contribution in [0.2, 0.25) is 0 Å². The van der Waals surface area contributed by atoms with Gasteiger partial charge in [-0.3, -0.25) is 67.3 Å². The van der Waals surface area contributed by atoms with Gasteiger partial charge >= 0.3 is 11.9 Å². The number of aldehydes is 1. The van der Waals surface area contributed by atoms with Crippen LogP contribution in [0, 0.1) is 11.8 Å². The van der Waals surface area contributed by atoms with E-state index in [2.05, 4.69) is 63.5 Å². The molecule has 0 aliphatic rings. The molecule has 35 heteroatoms. The van der Waals surface area contributed by atoms with Gasteiger partial charge in [-0.2, -0.15) is 0 Å². The molecule has 1 rings (SSSR count). The van der Waals surface area contributed by atoms with Crippen LogP contribution in [0.5, 0.6) is 5.75 Å². The van der Waals surface area contributed by atoms with Crippen molar-refractivity contribution in [2.24, 2.45) is 39.8 Å². The molecule has 35 nitrogen and oxygen atoms in total. The topological polar surface area (TPSA) is 589 Å². The van der Waals surface area contributed by atoms with Crippen molar-refractivity contribution in [3.05, 3.63) is 42.1 Å².